The van der Waals surface area contributed by atoms with Crippen LogP contribution in [0, 0.1) is 12.8 Å². The molecule has 0 saturated heterocycles. The third-order valence-corrected chi connectivity index (χ3v) is 3.95. The van der Waals surface area contributed by atoms with Gasteiger partial charge in [0.2, 0.25) is 0 Å². The third-order valence-electron chi connectivity index (χ3n) is 3.95. The Balaban J connectivity index is 1.75. The third kappa shape index (κ3) is 3.98. The van der Waals surface area contributed by atoms with Crippen LogP contribution in [0.1, 0.15) is 54.4 Å². The summed E-state index contributed by atoms with van der Waals surface area (Å²) in [6, 6.07) is 5.09. The first-order valence-electron chi connectivity index (χ1n) is 7.24. The van der Waals surface area contributed by atoms with Crippen LogP contribution in [0.25, 0.3) is 0 Å². The molecule has 2 N–H and O–H groups in total. The van der Waals surface area contributed by atoms with Gasteiger partial charge in [-0.15, -0.1) is 0 Å². The zero-order valence-corrected chi connectivity index (χ0v) is 11.6. The molecule has 1 fully saturated rings. The molecule has 1 saturated carbocycles. The molecular weight excluding hydrogens is 238 g/mol. The number of nitrogens with one attached hydrogen (secondary N) is 1. The molecule has 1 amide bonds. The summed E-state index contributed by atoms with van der Waals surface area (Å²) >= 11 is 0. The Morgan fingerprint density at radius 3 is 2.84 bits per heavy atom. The van der Waals surface area contributed by atoms with Crippen LogP contribution in [-0.2, 0) is 0 Å². The lowest BCUT2D eigenvalue weighted by atomic mass is 10.0. The fourth-order valence-corrected chi connectivity index (χ4v) is 2.82. The average molecular weight is 261 g/mol. The summed E-state index contributed by atoms with van der Waals surface area (Å²) in [4.78, 5) is 11.9. The summed E-state index contributed by atoms with van der Waals surface area (Å²) in [7, 11) is 0. The van der Waals surface area contributed by atoms with E-state index < -0.39 is 0 Å². The molecule has 0 heterocycles. The lowest BCUT2D eigenvalue weighted by Crippen LogP contribution is -2.24. The van der Waals surface area contributed by atoms with Crippen LogP contribution in [-0.4, -0.2) is 17.6 Å². The standard InChI is InChI=1S/C16H23NO2/c1-12-8-9-15(18)14(11-12)16(19)17-10-4-7-13-5-2-3-6-13/h8-9,11,13,18H,2-7,10H2,1H3,(H,17,19). The summed E-state index contributed by atoms with van der Waals surface area (Å²) in [6.07, 6.45) is 7.69. The molecule has 1 aromatic carbocycles. The van der Waals surface area contributed by atoms with E-state index in [1.165, 1.54) is 32.1 Å². The SMILES string of the molecule is Cc1ccc(O)c(C(=O)NCCCC2CCCC2)c1. The molecule has 104 valence electrons. The number of benzene rings is 1. The average Bonchev–Trinajstić information content (AvgIpc) is 2.90. The van der Waals surface area contributed by atoms with Gasteiger partial charge in [-0.3, -0.25) is 4.79 Å². The van der Waals surface area contributed by atoms with Gasteiger partial charge < -0.3 is 10.4 Å². The number of aromatic hydroxyl groups is 1. The van der Waals surface area contributed by atoms with Crippen LogP contribution >= 0.6 is 0 Å². The smallest absolute Gasteiger partial charge is 0.255 e. The van der Waals surface area contributed by atoms with Crippen molar-refractivity contribution in [1.29, 1.82) is 0 Å². The Labute approximate surface area is 115 Å². The Hall–Kier alpha value is -1.51. The van der Waals surface area contributed by atoms with Crippen molar-refractivity contribution in [2.45, 2.75) is 45.4 Å². The fourth-order valence-electron chi connectivity index (χ4n) is 2.82. The number of rotatable bonds is 5. The molecule has 0 radical (unpaired) electrons. The van der Waals surface area contributed by atoms with E-state index in [-0.39, 0.29) is 11.7 Å². The van der Waals surface area contributed by atoms with Gasteiger partial charge in [0, 0.05) is 6.54 Å². The first kappa shape index (κ1) is 13.9. The summed E-state index contributed by atoms with van der Waals surface area (Å²) in [5.41, 5.74) is 1.36. The van der Waals surface area contributed by atoms with Gasteiger partial charge in [0.05, 0.1) is 5.56 Å². The first-order chi connectivity index (χ1) is 9.16. The molecule has 0 aromatic heterocycles. The number of hydrogen-bond donors (Lipinski definition) is 2. The molecule has 1 aliphatic carbocycles. The van der Waals surface area contributed by atoms with Crippen LogP contribution in [0.15, 0.2) is 18.2 Å². The van der Waals surface area contributed by atoms with Gasteiger partial charge in [0.15, 0.2) is 0 Å². The molecule has 0 unspecified atom stereocenters. The molecule has 19 heavy (non-hydrogen) atoms. The van der Waals surface area contributed by atoms with Gasteiger partial charge >= 0.3 is 0 Å². The minimum Gasteiger partial charge on any atom is -0.507 e. The molecular formula is C16H23NO2. The van der Waals surface area contributed by atoms with E-state index in [0.717, 1.165) is 17.9 Å². The second-order valence-electron chi connectivity index (χ2n) is 5.57. The van der Waals surface area contributed by atoms with Crippen LogP contribution in [0.3, 0.4) is 0 Å². The maximum atomic E-state index is 11.9. The fraction of sp³-hybridized carbons (Fsp3) is 0.562. The summed E-state index contributed by atoms with van der Waals surface area (Å²) in [5, 5.41) is 12.6. The van der Waals surface area contributed by atoms with Crippen molar-refractivity contribution in [3.63, 3.8) is 0 Å². The van der Waals surface area contributed by atoms with E-state index >= 15 is 0 Å². The Morgan fingerprint density at radius 2 is 2.11 bits per heavy atom. The lowest BCUT2D eigenvalue weighted by molar-refractivity contribution is 0.0949. The number of carbonyl (C=O) groups is 1. The predicted molar refractivity (Wildman–Crippen MR) is 76.4 cm³/mol. The highest BCUT2D eigenvalue weighted by Crippen LogP contribution is 2.28. The van der Waals surface area contributed by atoms with Crippen LogP contribution < -0.4 is 5.32 Å². The normalized spacial score (nSPS) is 15.6. The van der Waals surface area contributed by atoms with E-state index in [1.807, 2.05) is 6.92 Å². The highest BCUT2D eigenvalue weighted by Gasteiger charge is 2.15. The van der Waals surface area contributed by atoms with E-state index in [2.05, 4.69) is 5.32 Å². The number of carbonyl (C=O) groups excluding carboxylic acids is 1. The maximum Gasteiger partial charge on any atom is 0.255 e. The van der Waals surface area contributed by atoms with Gasteiger partial charge in [0.25, 0.3) is 5.91 Å². The predicted octanol–water partition coefficient (Wildman–Crippen LogP) is 3.40. The van der Waals surface area contributed by atoms with Gasteiger partial charge in [0.1, 0.15) is 5.75 Å². The highest BCUT2D eigenvalue weighted by molar-refractivity contribution is 5.96. The lowest BCUT2D eigenvalue weighted by Gasteiger charge is -2.10. The summed E-state index contributed by atoms with van der Waals surface area (Å²) < 4.78 is 0. The molecule has 0 spiro atoms. The molecule has 0 aliphatic heterocycles. The quantitative estimate of drug-likeness (QED) is 0.798. The van der Waals surface area contributed by atoms with Crippen molar-refractivity contribution in [2.24, 2.45) is 5.92 Å². The maximum absolute atomic E-state index is 11.9. The van der Waals surface area contributed by atoms with E-state index in [1.54, 1.807) is 18.2 Å². The Morgan fingerprint density at radius 1 is 1.37 bits per heavy atom. The number of phenolic OH excluding ortho intramolecular Hbond substituents is 1. The van der Waals surface area contributed by atoms with E-state index in [4.69, 9.17) is 0 Å². The van der Waals surface area contributed by atoms with Crippen molar-refractivity contribution >= 4 is 5.91 Å². The zero-order valence-electron chi connectivity index (χ0n) is 11.6. The van der Waals surface area contributed by atoms with Gasteiger partial charge in [-0.1, -0.05) is 37.3 Å². The van der Waals surface area contributed by atoms with Crippen molar-refractivity contribution < 1.29 is 9.90 Å². The van der Waals surface area contributed by atoms with E-state index in [0.29, 0.717) is 12.1 Å². The van der Waals surface area contributed by atoms with Crippen LogP contribution in [0.4, 0.5) is 0 Å². The van der Waals surface area contributed by atoms with E-state index in [9.17, 15) is 9.90 Å². The Kier molecular flexibility index (Phi) is 4.83. The molecule has 1 aromatic rings. The minimum absolute atomic E-state index is 0.0545. The van der Waals surface area contributed by atoms with Crippen LogP contribution in [0.2, 0.25) is 0 Å². The molecule has 0 atom stereocenters. The number of aryl methyl sites for hydroxylation is 1. The largest absolute Gasteiger partial charge is 0.507 e. The number of hydrogen-bond acceptors (Lipinski definition) is 2. The second kappa shape index (κ2) is 6.60. The monoisotopic (exact) mass is 261 g/mol. The molecule has 2 rings (SSSR count). The topological polar surface area (TPSA) is 49.3 Å². The van der Waals surface area contributed by atoms with Gasteiger partial charge in [-0.2, -0.15) is 0 Å². The number of phenols is 1. The molecule has 3 heteroatoms. The van der Waals surface area contributed by atoms with Crippen molar-refractivity contribution in [3.8, 4) is 5.75 Å². The minimum atomic E-state index is -0.173. The van der Waals surface area contributed by atoms with Crippen molar-refractivity contribution in [2.75, 3.05) is 6.54 Å². The number of amides is 1. The zero-order chi connectivity index (χ0) is 13.7. The first-order valence-corrected chi connectivity index (χ1v) is 7.24. The van der Waals surface area contributed by atoms with Gasteiger partial charge in [-0.25, -0.2) is 0 Å². The Bertz CT molecular complexity index is 436. The second-order valence-corrected chi connectivity index (χ2v) is 5.57. The van der Waals surface area contributed by atoms with Crippen molar-refractivity contribution in [3.05, 3.63) is 29.3 Å². The molecule has 1 aliphatic rings. The van der Waals surface area contributed by atoms with Crippen molar-refractivity contribution in [1.82, 2.24) is 5.32 Å². The van der Waals surface area contributed by atoms with Gasteiger partial charge in [-0.05, 0) is 37.8 Å². The highest BCUT2D eigenvalue weighted by atomic mass is 16.3. The molecule has 0 bridgehead atoms. The van der Waals surface area contributed by atoms with Crippen LogP contribution in [0.5, 0.6) is 5.75 Å². The summed E-state index contributed by atoms with van der Waals surface area (Å²) in [5.74, 6) is 0.746. The molecule has 3 nitrogen and oxygen atoms in total. The summed E-state index contributed by atoms with van der Waals surface area (Å²) in [6.45, 7) is 2.61.